The van der Waals surface area contributed by atoms with E-state index in [2.05, 4.69) is 0 Å². The number of benzene rings is 4. The van der Waals surface area contributed by atoms with Gasteiger partial charge in [-0.05, 0) is 82.3 Å². The molecule has 164 valence electrons. The minimum atomic E-state index is -0.130. The van der Waals surface area contributed by atoms with Crippen molar-refractivity contribution in [3.8, 4) is 39.9 Å². The average molecular weight is 438 g/mol. The second-order valence-corrected chi connectivity index (χ2v) is 8.27. The van der Waals surface area contributed by atoms with E-state index in [0.29, 0.717) is 17.5 Å². The van der Waals surface area contributed by atoms with Gasteiger partial charge in [-0.3, -0.25) is 0 Å². The lowest BCUT2D eigenvalue weighted by molar-refractivity contribution is 0.449. The standard InChI is InChI=1S/C28H22O5/c29-20-7-2-16(3-8-20)1-4-18-11-22(31)14-25-27(18)24(17-5-9-21(30)10-6-17)13-19-12-23(32)15-26(33)28(19)25/h1-12,14-15,24,29-33H,13H2/b4-1+. The van der Waals surface area contributed by atoms with E-state index in [0.717, 1.165) is 27.8 Å². The molecule has 5 rings (SSSR count). The summed E-state index contributed by atoms with van der Waals surface area (Å²) in [5.74, 6) is 0.215. The van der Waals surface area contributed by atoms with Gasteiger partial charge in [0.15, 0.2) is 0 Å². The summed E-state index contributed by atoms with van der Waals surface area (Å²) < 4.78 is 0. The predicted octanol–water partition coefficient (Wildman–Crippen LogP) is 5.74. The summed E-state index contributed by atoms with van der Waals surface area (Å²) in [6, 6.07) is 20.1. The van der Waals surface area contributed by atoms with Crippen LogP contribution in [0.5, 0.6) is 28.7 Å². The molecule has 0 spiro atoms. The smallest absolute Gasteiger partial charge is 0.127 e. The van der Waals surface area contributed by atoms with Gasteiger partial charge in [0.2, 0.25) is 0 Å². The summed E-state index contributed by atoms with van der Waals surface area (Å²) in [6.45, 7) is 0. The topological polar surface area (TPSA) is 101 Å². The van der Waals surface area contributed by atoms with E-state index in [1.54, 1.807) is 54.6 Å². The first-order valence-electron chi connectivity index (χ1n) is 10.6. The van der Waals surface area contributed by atoms with Crippen molar-refractivity contribution in [3.05, 3.63) is 101 Å². The summed E-state index contributed by atoms with van der Waals surface area (Å²) >= 11 is 0. The van der Waals surface area contributed by atoms with Crippen LogP contribution in [0.4, 0.5) is 0 Å². The summed E-state index contributed by atoms with van der Waals surface area (Å²) in [4.78, 5) is 0. The molecule has 1 aliphatic carbocycles. The van der Waals surface area contributed by atoms with Gasteiger partial charge in [0.1, 0.15) is 28.7 Å². The Kier molecular flexibility index (Phi) is 4.94. The molecule has 1 aliphatic rings. The molecule has 0 saturated heterocycles. The number of phenolic OH excluding ortho intramolecular Hbond substituents is 5. The summed E-state index contributed by atoms with van der Waals surface area (Å²) in [5.41, 5.74) is 5.63. The fraction of sp³-hybridized carbons (Fsp3) is 0.0714. The van der Waals surface area contributed by atoms with E-state index in [1.165, 1.54) is 6.07 Å². The average Bonchev–Trinajstić information content (AvgIpc) is 2.78. The van der Waals surface area contributed by atoms with Gasteiger partial charge in [-0.25, -0.2) is 0 Å². The van der Waals surface area contributed by atoms with Gasteiger partial charge in [0, 0.05) is 17.5 Å². The van der Waals surface area contributed by atoms with Crippen molar-refractivity contribution in [2.45, 2.75) is 12.3 Å². The molecule has 5 heteroatoms. The van der Waals surface area contributed by atoms with Gasteiger partial charge in [-0.15, -0.1) is 0 Å². The minimum absolute atomic E-state index is 0.0215. The lowest BCUT2D eigenvalue weighted by Crippen LogP contribution is -2.14. The van der Waals surface area contributed by atoms with Crippen LogP contribution in [-0.2, 0) is 6.42 Å². The van der Waals surface area contributed by atoms with Crippen LogP contribution in [0.25, 0.3) is 23.3 Å². The third-order valence-corrected chi connectivity index (χ3v) is 6.07. The highest BCUT2D eigenvalue weighted by molar-refractivity contribution is 5.86. The highest BCUT2D eigenvalue weighted by atomic mass is 16.3. The van der Waals surface area contributed by atoms with E-state index >= 15 is 0 Å². The summed E-state index contributed by atoms with van der Waals surface area (Å²) in [6.07, 6.45) is 4.33. The Morgan fingerprint density at radius 1 is 0.636 bits per heavy atom. The summed E-state index contributed by atoms with van der Waals surface area (Å²) in [7, 11) is 0. The molecule has 1 atom stereocenters. The van der Waals surface area contributed by atoms with Crippen LogP contribution in [-0.4, -0.2) is 25.5 Å². The molecule has 0 radical (unpaired) electrons. The third kappa shape index (κ3) is 3.85. The maximum Gasteiger partial charge on any atom is 0.127 e. The van der Waals surface area contributed by atoms with E-state index < -0.39 is 0 Å². The van der Waals surface area contributed by atoms with E-state index in [9.17, 15) is 25.5 Å². The molecule has 4 aromatic rings. The Morgan fingerprint density at radius 2 is 1.27 bits per heavy atom. The van der Waals surface area contributed by atoms with E-state index in [-0.39, 0.29) is 34.7 Å². The number of hydrogen-bond donors (Lipinski definition) is 5. The molecule has 1 unspecified atom stereocenters. The van der Waals surface area contributed by atoms with Crippen LogP contribution < -0.4 is 0 Å². The molecule has 0 amide bonds. The van der Waals surface area contributed by atoms with Crippen molar-refractivity contribution >= 4 is 12.2 Å². The van der Waals surface area contributed by atoms with Crippen molar-refractivity contribution in [2.75, 3.05) is 0 Å². The van der Waals surface area contributed by atoms with Gasteiger partial charge < -0.3 is 25.5 Å². The lowest BCUT2D eigenvalue weighted by Gasteiger charge is -2.31. The van der Waals surface area contributed by atoms with Gasteiger partial charge >= 0.3 is 0 Å². The van der Waals surface area contributed by atoms with Crippen molar-refractivity contribution in [3.63, 3.8) is 0 Å². The van der Waals surface area contributed by atoms with Crippen LogP contribution >= 0.6 is 0 Å². The van der Waals surface area contributed by atoms with Gasteiger partial charge in [0.25, 0.3) is 0 Å². The van der Waals surface area contributed by atoms with Crippen LogP contribution in [0.15, 0.2) is 72.8 Å². The van der Waals surface area contributed by atoms with Crippen molar-refractivity contribution in [1.82, 2.24) is 0 Å². The lowest BCUT2D eigenvalue weighted by atomic mass is 9.73. The molecule has 0 bridgehead atoms. The number of phenols is 5. The molecular formula is C28H22O5. The maximum absolute atomic E-state index is 10.7. The molecule has 0 aromatic heterocycles. The Morgan fingerprint density at radius 3 is 1.97 bits per heavy atom. The molecule has 5 nitrogen and oxygen atoms in total. The first-order chi connectivity index (χ1) is 15.9. The van der Waals surface area contributed by atoms with Crippen molar-refractivity contribution in [1.29, 1.82) is 0 Å². The minimum Gasteiger partial charge on any atom is -0.508 e. The second-order valence-electron chi connectivity index (χ2n) is 8.27. The van der Waals surface area contributed by atoms with Gasteiger partial charge in [-0.1, -0.05) is 36.4 Å². The largest absolute Gasteiger partial charge is 0.508 e. The van der Waals surface area contributed by atoms with Gasteiger partial charge in [0.05, 0.1) is 0 Å². The highest BCUT2D eigenvalue weighted by Gasteiger charge is 2.31. The van der Waals surface area contributed by atoms with Gasteiger partial charge in [-0.2, -0.15) is 0 Å². The maximum atomic E-state index is 10.7. The Balaban J connectivity index is 1.73. The SMILES string of the molecule is Oc1ccc(/C=C/c2cc(O)cc3c2C(c2ccc(O)cc2)Cc2cc(O)cc(O)c2-3)cc1. The summed E-state index contributed by atoms with van der Waals surface area (Å²) in [5, 5.41) is 50.6. The first kappa shape index (κ1) is 20.5. The second kappa shape index (κ2) is 7.95. The molecule has 0 fully saturated rings. The monoisotopic (exact) mass is 438 g/mol. The van der Waals surface area contributed by atoms with Crippen LogP contribution in [0.3, 0.4) is 0 Å². The fourth-order valence-electron chi connectivity index (χ4n) is 4.62. The molecule has 33 heavy (non-hydrogen) atoms. The molecule has 4 aromatic carbocycles. The Labute approximate surface area is 190 Å². The number of aromatic hydroxyl groups is 5. The third-order valence-electron chi connectivity index (χ3n) is 6.07. The molecular weight excluding hydrogens is 416 g/mol. The van der Waals surface area contributed by atoms with E-state index in [1.807, 2.05) is 24.3 Å². The number of hydrogen-bond acceptors (Lipinski definition) is 5. The predicted molar refractivity (Wildman–Crippen MR) is 128 cm³/mol. The number of fused-ring (bicyclic) bond motifs is 3. The quantitative estimate of drug-likeness (QED) is 0.263. The van der Waals surface area contributed by atoms with Crippen LogP contribution in [0, 0.1) is 0 Å². The molecule has 5 N–H and O–H groups in total. The van der Waals surface area contributed by atoms with Crippen molar-refractivity contribution < 1.29 is 25.5 Å². The van der Waals surface area contributed by atoms with E-state index in [4.69, 9.17) is 0 Å². The zero-order chi connectivity index (χ0) is 23.1. The molecule has 0 aliphatic heterocycles. The zero-order valence-electron chi connectivity index (χ0n) is 17.6. The normalized spacial score (nSPS) is 14.7. The first-order valence-corrected chi connectivity index (χ1v) is 10.6. The van der Waals surface area contributed by atoms with Crippen molar-refractivity contribution in [2.24, 2.45) is 0 Å². The Hall–Kier alpha value is -4.38. The fourth-order valence-corrected chi connectivity index (χ4v) is 4.62. The van der Waals surface area contributed by atoms with Crippen LogP contribution in [0.1, 0.15) is 33.7 Å². The molecule has 0 saturated carbocycles. The highest BCUT2D eigenvalue weighted by Crippen LogP contribution is 2.50. The Bertz CT molecular complexity index is 1370. The zero-order valence-corrected chi connectivity index (χ0v) is 17.6. The number of rotatable bonds is 3. The molecule has 0 heterocycles. The van der Waals surface area contributed by atoms with Crippen LogP contribution in [0.2, 0.25) is 0 Å².